The monoisotopic (exact) mass is 236 g/mol. The Morgan fingerprint density at radius 3 is 2.17 bits per heavy atom. The van der Waals surface area contributed by atoms with Gasteiger partial charge in [0.25, 0.3) is 0 Å². The Balaban J connectivity index is 0.000000574. The van der Waals surface area contributed by atoms with Crippen molar-refractivity contribution in [1.82, 2.24) is 9.97 Å². The summed E-state index contributed by atoms with van der Waals surface area (Å²) in [6.07, 6.45) is 3.67. The van der Waals surface area contributed by atoms with Crippen molar-refractivity contribution in [3.63, 3.8) is 0 Å². The maximum absolute atomic E-state index is 4.41. The number of benzene rings is 1. The Labute approximate surface area is 107 Å². The summed E-state index contributed by atoms with van der Waals surface area (Å²) in [4.78, 5) is 8.71. The molecule has 1 aromatic carbocycles. The minimum absolute atomic E-state index is 0.910. The molecule has 2 nitrogen and oxygen atoms in total. The van der Waals surface area contributed by atoms with Crippen LogP contribution < -0.4 is 0 Å². The molecule has 2 heteroatoms. The number of hydrogen-bond acceptors (Lipinski definition) is 2. The van der Waals surface area contributed by atoms with Crippen molar-refractivity contribution < 1.29 is 0 Å². The van der Waals surface area contributed by atoms with Crippen LogP contribution in [0.5, 0.6) is 0 Å². The van der Waals surface area contributed by atoms with Gasteiger partial charge in [0.2, 0.25) is 0 Å². The van der Waals surface area contributed by atoms with Crippen molar-refractivity contribution in [2.75, 3.05) is 0 Å². The predicted molar refractivity (Wildman–Crippen MR) is 76.3 cm³/mol. The second-order valence-electron chi connectivity index (χ2n) is 3.63. The molecule has 2 heterocycles. The molecular formula is C16H16N2. The molecule has 0 saturated heterocycles. The van der Waals surface area contributed by atoms with Gasteiger partial charge >= 0.3 is 0 Å². The summed E-state index contributed by atoms with van der Waals surface area (Å²) in [5, 5.41) is 2.35. The highest BCUT2D eigenvalue weighted by atomic mass is 14.8. The van der Waals surface area contributed by atoms with Crippen LogP contribution in [-0.4, -0.2) is 9.97 Å². The Bertz CT molecular complexity index is 618. The van der Waals surface area contributed by atoms with E-state index < -0.39 is 0 Å². The van der Waals surface area contributed by atoms with Crippen LogP contribution in [0.3, 0.4) is 0 Å². The maximum atomic E-state index is 4.41. The third kappa shape index (κ3) is 2.54. The van der Waals surface area contributed by atoms with Crippen LogP contribution in [-0.2, 0) is 0 Å². The number of fused-ring (bicyclic) bond motifs is 1. The van der Waals surface area contributed by atoms with Crippen LogP contribution in [0, 0.1) is 0 Å². The lowest BCUT2D eigenvalue weighted by Gasteiger charge is -2.01. The van der Waals surface area contributed by atoms with Crippen molar-refractivity contribution in [3.8, 4) is 11.4 Å². The third-order valence-electron chi connectivity index (χ3n) is 2.56. The molecule has 0 amide bonds. The fourth-order valence-corrected chi connectivity index (χ4v) is 1.74. The van der Waals surface area contributed by atoms with Gasteiger partial charge in [-0.05, 0) is 23.6 Å². The molecule has 0 unspecified atom stereocenters. The van der Waals surface area contributed by atoms with E-state index in [1.165, 1.54) is 5.39 Å². The van der Waals surface area contributed by atoms with Crippen LogP contribution in [0.4, 0.5) is 0 Å². The van der Waals surface area contributed by atoms with Gasteiger partial charge in [-0.15, -0.1) is 0 Å². The first kappa shape index (κ1) is 12.2. The zero-order valence-corrected chi connectivity index (χ0v) is 10.7. The highest BCUT2D eigenvalue weighted by Gasteiger charge is 2.00. The molecule has 0 aliphatic rings. The average molecular weight is 236 g/mol. The van der Waals surface area contributed by atoms with Gasteiger partial charge in [0.05, 0.1) is 11.4 Å². The lowest BCUT2D eigenvalue weighted by Crippen LogP contribution is -1.86. The second-order valence-corrected chi connectivity index (χ2v) is 3.63. The molecule has 0 fully saturated rings. The van der Waals surface area contributed by atoms with E-state index in [1.54, 1.807) is 6.20 Å². The largest absolute Gasteiger partial charge is 0.255 e. The summed E-state index contributed by atoms with van der Waals surface area (Å²) in [7, 11) is 0. The van der Waals surface area contributed by atoms with Crippen molar-refractivity contribution in [2.24, 2.45) is 0 Å². The van der Waals surface area contributed by atoms with E-state index >= 15 is 0 Å². The third-order valence-corrected chi connectivity index (χ3v) is 2.56. The van der Waals surface area contributed by atoms with E-state index in [-0.39, 0.29) is 0 Å². The van der Waals surface area contributed by atoms with E-state index in [0.29, 0.717) is 0 Å². The van der Waals surface area contributed by atoms with E-state index in [4.69, 9.17) is 0 Å². The predicted octanol–water partition coefficient (Wildman–Crippen LogP) is 4.32. The van der Waals surface area contributed by atoms with Crippen molar-refractivity contribution in [1.29, 1.82) is 0 Å². The highest BCUT2D eigenvalue weighted by Crippen LogP contribution is 2.19. The summed E-state index contributed by atoms with van der Waals surface area (Å²) in [6, 6.07) is 16.1. The first-order valence-corrected chi connectivity index (χ1v) is 6.20. The van der Waals surface area contributed by atoms with Gasteiger partial charge in [0.15, 0.2) is 0 Å². The van der Waals surface area contributed by atoms with Gasteiger partial charge < -0.3 is 0 Å². The molecule has 0 aliphatic carbocycles. The van der Waals surface area contributed by atoms with Crippen LogP contribution in [0.15, 0.2) is 60.9 Å². The molecule has 0 spiro atoms. The van der Waals surface area contributed by atoms with Gasteiger partial charge in [-0.1, -0.05) is 44.2 Å². The molecule has 18 heavy (non-hydrogen) atoms. The smallest absolute Gasteiger partial charge is 0.0892 e. The second kappa shape index (κ2) is 5.92. The van der Waals surface area contributed by atoms with Crippen LogP contribution in [0.1, 0.15) is 13.8 Å². The maximum Gasteiger partial charge on any atom is 0.0892 e. The summed E-state index contributed by atoms with van der Waals surface area (Å²) >= 11 is 0. The molecule has 3 aromatic rings. The topological polar surface area (TPSA) is 25.8 Å². The number of hydrogen-bond donors (Lipinski definition) is 0. The minimum atomic E-state index is 0.910. The summed E-state index contributed by atoms with van der Waals surface area (Å²) in [5.74, 6) is 0. The molecule has 3 rings (SSSR count). The first-order chi connectivity index (χ1) is 8.93. The number of rotatable bonds is 1. The van der Waals surface area contributed by atoms with Crippen LogP contribution in [0.2, 0.25) is 0 Å². The molecule has 0 radical (unpaired) electrons. The van der Waals surface area contributed by atoms with Crippen molar-refractivity contribution >= 4 is 10.8 Å². The normalized spacial score (nSPS) is 9.67. The molecule has 0 aliphatic heterocycles. The van der Waals surface area contributed by atoms with Crippen molar-refractivity contribution in [3.05, 3.63) is 60.9 Å². The highest BCUT2D eigenvalue weighted by molar-refractivity contribution is 5.84. The molecular weight excluding hydrogens is 220 g/mol. The zero-order chi connectivity index (χ0) is 12.8. The Morgan fingerprint density at radius 1 is 0.722 bits per heavy atom. The van der Waals surface area contributed by atoms with Gasteiger partial charge in [0.1, 0.15) is 0 Å². The molecule has 2 aromatic heterocycles. The molecule has 90 valence electrons. The lowest BCUT2D eigenvalue weighted by molar-refractivity contribution is 1.26. The molecule has 0 N–H and O–H groups in total. The van der Waals surface area contributed by atoms with Gasteiger partial charge in [0, 0.05) is 17.8 Å². The number of aromatic nitrogens is 2. The fourth-order valence-electron chi connectivity index (χ4n) is 1.74. The van der Waals surface area contributed by atoms with Gasteiger partial charge in [-0.3, -0.25) is 9.97 Å². The molecule has 0 bridgehead atoms. The van der Waals surface area contributed by atoms with Gasteiger partial charge in [-0.2, -0.15) is 0 Å². The lowest BCUT2D eigenvalue weighted by atomic mass is 10.1. The van der Waals surface area contributed by atoms with E-state index in [1.807, 2.05) is 50.4 Å². The Kier molecular flexibility index (Phi) is 4.02. The van der Waals surface area contributed by atoms with E-state index in [9.17, 15) is 0 Å². The quantitative estimate of drug-likeness (QED) is 0.628. The molecule has 0 atom stereocenters. The molecule has 0 saturated carbocycles. The standard InChI is InChI=1S/C14H10N2.C2H6/c1-2-6-12-10-16-14(9-11(12)5-1)13-7-3-4-8-15-13;1-2/h1-10H;1-2H3. The van der Waals surface area contributed by atoms with E-state index in [2.05, 4.69) is 28.2 Å². The van der Waals surface area contributed by atoms with E-state index in [0.717, 1.165) is 16.8 Å². The average Bonchev–Trinajstić information content (AvgIpc) is 2.50. The Hall–Kier alpha value is -2.22. The summed E-state index contributed by atoms with van der Waals surface area (Å²) in [6.45, 7) is 4.00. The van der Waals surface area contributed by atoms with Gasteiger partial charge in [-0.25, -0.2) is 0 Å². The van der Waals surface area contributed by atoms with Crippen molar-refractivity contribution in [2.45, 2.75) is 13.8 Å². The van der Waals surface area contributed by atoms with Crippen LogP contribution >= 0.6 is 0 Å². The minimum Gasteiger partial charge on any atom is -0.255 e. The fraction of sp³-hybridized carbons (Fsp3) is 0.125. The summed E-state index contributed by atoms with van der Waals surface area (Å²) < 4.78 is 0. The van der Waals surface area contributed by atoms with Crippen LogP contribution in [0.25, 0.3) is 22.2 Å². The Morgan fingerprint density at radius 2 is 1.44 bits per heavy atom. The number of nitrogens with zero attached hydrogens (tertiary/aromatic N) is 2. The summed E-state index contributed by atoms with van der Waals surface area (Å²) in [5.41, 5.74) is 1.83. The number of pyridine rings is 2. The SMILES string of the molecule is CC.c1ccc(-c2cc3ccccc3cn2)nc1. The zero-order valence-electron chi connectivity index (χ0n) is 10.7. The first-order valence-electron chi connectivity index (χ1n) is 6.20.